The molecule has 0 aliphatic carbocycles. The summed E-state index contributed by atoms with van der Waals surface area (Å²) in [5.74, 6) is -1.74. The van der Waals surface area contributed by atoms with Gasteiger partial charge >= 0.3 is 6.61 Å². The fraction of sp³-hybridized carbons (Fsp3) is 0.417. The molecule has 1 N–H and O–H groups in total. The van der Waals surface area contributed by atoms with E-state index in [1.54, 1.807) is 0 Å². The van der Waals surface area contributed by atoms with Crippen LogP contribution in [-0.2, 0) is 4.79 Å². The number of anilines is 1. The molecule has 0 radical (unpaired) electrons. The van der Waals surface area contributed by atoms with Crippen molar-refractivity contribution in [1.82, 2.24) is 0 Å². The Labute approximate surface area is 117 Å². The standard InChI is InChI=1S/C12H13BrF3NO2/c13-6-2-1-3-11(18)17-8-4-5-10(9(14)7-8)19-12(15)16/h4-5,7,12H,1-3,6H2,(H,17,18). The quantitative estimate of drug-likeness (QED) is 0.603. The minimum Gasteiger partial charge on any atom is -0.432 e. The van der Waals surface area contributed by atoms with E-state index in [4.69, 9.17) is 0 Å². The lowest BCUT2D eigenvalue weighted by Gasteiger charge is -2.08. The summed E-state index contributed by atoms with van der Waals surface area (Å²) in [5.41, 5.74) is 0.211. The number of amides is 1. The monoisotopic (exact) mass is 339 g/mol. The smallest absolute Gasteiger partial charge is 0.387 e. The maximum absolute atomic E-state index is 13.4. The molecule has 0 atom stereocenters. The maximum atomic E-state index is 13.4. The molecule has 3 nitrogen and oxygen atoms in total. The van der Waals surface area contributed by atoms with Gasteiger partial charge in [0.15, 0.2) is 11.6 Å². The minimum absolute atomic E-state index is 0.211. The van der Waals surface area contributed by atoms with E-state index in [1.165, 1.54) is 6.07 Å². The molecule has 1 aromatic carbocycles. The zero-order valence-electron chi connectivity index (χ0n) is 9.97. The summed E-state index contributed by atoms with van der Waals surface area (Å²) in [7, 11) is 0. The lowest BCUT2D eigenvalue weighted by molar-refractivity contribution is -0.116. The van der Waals surface area contributed by atoms with Crippen molar-refractivity contribution in [2.75, 3.05) is 10.6 Å². The van der Waals surface area contributed by atoms with Crippen molar-refractivity contribution in [2.24, 2.45) is 0 Å². The predicted molar refractivity (Wildman–Crippen MR) is 69.3 cm³/mol. The van der Waals surface area contributed by atoms with Gasteiger partial charge in [0.1, 0.15) is 0 Å². The Morgan fingerprint density at radius 2 is 2.11 bits per heavy atom. The lowest BCUT2D eigenvalue weighted by atomic mass is 10.2. The van der Waals surface area contributed by atoms with Crippen LogP contribution < -0.4 is 10.1 Å². The molecular weight excluding hydrogens is 327 g/mol. The van der Waals surface area contributed by atoms with E-state index in [9.17, 15) is 18.0 Å². The van der Waals surface area contributed by atoms with Gasteiger partial charge in [-0.05, 0) is 25.0 Å². The number of carbonyl (C=O) groups excluding carboxylic acids is 1. The number of rotatable bonds is 7. The molecule has 1 amide bonds. The van der Waals surface area contributed by atoms with Crippen molar-refractivity contribution in [1.29, 1.82) is 0 Å². The second-order valence-electron chi connectivity index (χ2n) is 3.72. The van der Waals surface area contributed by atoms with Gasteiger partial charge in [0, 0.05) is 23.5 Å². The molecule has 1 aromatic rings. The Hall–Kier alpha value is -1.24. The summed E-state index contributed by atoms with van der Waals surface area (Å²) < 4.78 is 41.2. The van der Waals surface area contributed by atoms with Crippen LogP contribution in [0.4, 0.5) is 18.9 Å². The van der Waals surface area contributed by atoms with Crippen LogP contribution in [0, 0.1) is 5.82 Å². The maximum Gasteiger partial charge on any atom is 0.387 e. The van der Waals surface area contributed by atoms with Crippen LogP contribution in [0.1, 0.15) is 19.3 Å². The number of carbonyl (C=O) groups is 1. The van der Waals surface area contributed by atoms with Gasteiger partial charge in [0.05, 0.1) is 0 Å². The summed E-state index contributed by atoms with van der Waals surface area (Å²) in [5, 5.41) is 3.30. The third-order valence-corrected chi connectivity index (χ3v) is 2.78. The number of ether oxygens (including phenoxy) is 1. The second-order valence-corrected chi connectivity index (χ2v) is 4.51. The Balaban J connectivity index is 2.55. The van der Waals surface area contributed by atoms with Crippen LogP contribution in [0.3, 0.4) is 0 Å². The first kappa shape index (κ1) is 15.8. The average molecular weight is 340 g/mol. The molecule has 0 saturated carbocycles. The number of halogens is 4. The molecule has 0 aromatic heterocycles. The van der Waals surface area contributed by atoms with Crippen LogP contribution in [0.15, 0.2) is 18.2 Å². The Morgan fingerprint density at radius 3 is 2.68 bits per heavy atom. The van der Waals surface area contributed by atoms with E-state index in [0.717, 1.165) is 23.9 Å². The lowest BCUT2D eigenvalue weighted by Crippen LogP contribution is -2.11. The number of benzene rings is 1. The topological polar surface area (TPSA) is 38.3 Å². The van der Waals surface area contributed by atoms with Crippen LogP contribution in [0.5, 0.6) is 5.75 Å². The molecule has 0 fully saturated rings. The fourth-order valence-electron chi connectivity index (χ4n) is 1.37. The summed E-state index contributed by atoms with van der Waals surface area (Å²) in [6.07, 6.45) is 1.90. The molecule has 19 heavy (non-hydrogen) atoms. The van der Waals surface area contributed by atoms with Gasteiger partial charge in [-0.15, -0.1) is 0 Å². The molecule has 0 heterocycles. The molecule has 1 rings (SSSR count). The predicted octanol–water partition coefficient (Wildman–Crippen LogP) is 3.93. The zero-order chi connectivity index (χ0) is 14.3. The van der Waals surface area contributed by atoms with Gasteiger partial charge in [-0.2, -0.15) is 8.78 Å². The highest BCUT2D eigenvalue weighted by Crippen LogP contribution is 2.22. The van der Waals surface area contributed by atoms with Crippen LogP contribution >= 0.6 is 15.9 Å². The first-order valence-corrected chi connectivity index (χ1v) is 6.75. The highest BCUT2D eigenvalue weighted by molar-refractivity contribution is 9.09. The third-order valence-electron chi connectivity index (χ3n) is 2.22. The van der Waals surface area contributed by atoms with Crippen molar-refractivity contribution in [3.05, 3.63) is 24.0 Å². The van der Waals surface area contributed by atoms with Gasteiger partial charge in [0.2, 0.25) is 5.91 Å². The summed E-state index contributed by atoms with van der Waals surface area (Å²) in [4.78, 5) is 11.5. The van der Waals surface area contributed by atoms with Crippen LogP contribution in [-0.4, -0.2) is 17.8 Å². The van der Waals surface area contributed by atoms with Crippen LogP contribution in [0.25, 0.3) is 0 Å². The van der Waals surface area contributed by atoms with E-state index < -0.39 is 18.2 Å². The van der Waals surface area contributed by atoms with E-state index >= 15 is 0 Å². The van der Waals surface area contributed by atoms with E-state index in [2.05, 4.69) is 26.0 Å². The molecular formula is C12H13BrF3NO2. The van der Waals surface area contributed by atoms with Crippen molar-refractivity contribution in [2.45, 2.75) is 25.9 Å². The summed E-state index contributed by atoms with van der Waals surface area (Å²) >= 11 is 3.25. The van der Waals surface area contributed by atoms with E-state index in [-0.39, 0.29) is 11.6 Å². The molecule has 0 bridgehead atoms. The van der Waals surface area contributed by atoms with E-state index in [0.29, 0.717) is 12.8 Å². The molecule has 0 saturated heterocycles. The minimum atomic E-state index is -3.08. The van der Waals surface area contributed by atoms with Gasteiger partial charge in [0.25, 0.3) is 0 Å². The number of alkyl halides is 3. The number of hydrogen-bond acceptors (Lipinski definition) is 2. The Morgan fingerprint density at radius 1 is 1.37 bits per heavy atom. The molecule has 0 spiro atoms. The molecule has 7 heteroatoms. The summed E-state index contributed by atoms with van der Waals surface area (Å²) in [6.45, 7) is -3.08. The third kappa shape index (κ3) is 5.96. The molecule has 106 valence electrons. The Bertz CT molecular complexity index is 429. The second kappa shape index (κ2) is 8.04. The van der Waals surface area contributed by atoms with Gasteiger partial charge < -0.3 is 10.1 Å². The van der Waals surface area contributed by atoms with Crippen molar-refractivity contribution in [3.8, 4) is 5.75 Å². The number of nitrogens with one attached hydrogen (secondary N) is 1. The van der Waals surface area contributed by atoms with E-state index in [1.807, 2.05) is 0 Å². The number of unbranched alkanes of at least 4 members (excludes halogenated alkanes) is 1. The molecule has 0 aliphatic rings. The van der Waals surface area contributed by atoms with Gasteiger partial charge in [-0.3, -0.25) is 4.79 Å². The van der Waals surface area contributed by atoms with Crippen molar-refractivity contribution >= 4 is 27.5 Å². The Kier molecular flexibility index (Phi) is 6.69. The molecule has 0 unspecified atom stereocenters. The highest BCUT2D eigenvalue weighted by Gasteiger charge is 2.11. The van der Waals surface area contributed by atoms with Gasteiger partial charge in [-0.25, -0.2) is 4.39 Å². The van der Waals surface area contributed by atoms with Crippen molar-refractivity contribution < 1.29 is 22.7 Å². The SMILES string of the molecule is O=C(CCCCBr)Nc1ccc(OC(F)F)c(F)c1. The van der Waals surface area contributed by atoms with Gasteiger partial charge in [-0.1, -0.05) is 15.9 Å². The summed E-state index contributed by atoms with van der Waals surface area (Å²) in [6, 6.07) is 3.30. The first-order valence-electron chi connectivity index (χ1n) is 5.63. The first-order chi connectivity index (χ1) is 9.02. The highest BCUT2D eigenvalue weighted by atomic mass is 79.9. The molecule has 0 aliphatic heterocycles. The normalized spacial score (nSPS) is 10.6. The zero-order valence-corrected chi connectivity index (χ0v) is 11.6. The number of hydrogen-bond donors (Lipinski definition) is 1. The fourth-order valence-corrected chi connectivity index (χ4v) is 1.77. The van der Waals surface area contributed by atoms with Crippen molar-refractivity contribution in [3.63, 3.8) is 0 Å². The largest absolute Gasteiger partial charge is 0.432 e. The average Bonchev–Trinajstić information content (AvgIpc) is 2.32. The van der Waals surface area contributed by atoms with Crippen LogP contribution in [0.2, 0.25) is 0 Å².